The predicted octanol–water partition coefficient (Wildman–Crippen LogP) is 2.09. The minimum Gasteiger partial charge on any atom is -0.310 e. The summed E-state index contributed by atoms with van der Waals surface area (Å²) in [6.45, 7) is 4.06. The highest BCUT2D eigenvalue weighted by Gasteiger charge is 2.12. The third kappa shape index (κ3) is 2.86. The highest BCUT2D eigenvalue weighted by Crippen LogP contribution is 2.14. The van der Waals surface area contributed by atoms with Crippen LogP contribution in [0.25, 0.3) is 0 Å². The van der Waals surface area contributed by atoms with E-state index in [1.54, 1.807) is 7.05 Å². The molecule has 0 saturated carbocycles. The first-order chi connectivity index (χ1) is 9.51. The van der Waals surface area contributed by atoms with Gasteiger partial charge in [0.25, 0.3) is 0 Å². The molecule has 0 spiro atoms. The van der Waals surface area contributed by atoms with E-state index in [9.17, 15) is 4.79 Å². The number of nitrogens with zero attached hydrogens (tertiary/aromatic N) is 3. The topological polar surface area (TPSA) is 70.7 Å². The molecule has 2 rings (SSSR count). The van der Waals surface area contributed by atoms with E-state index in [0.717, 1.165) is 11.1 Å². The number of carbonyl (C=O) groups excluding carboxylic acids is 1. The van der Waals surface area contributed by atoms with Gasteiger partial charge < -0.3 is 5.32 Å². The zero-order valence-electron chi connectivity index (χ0n) is 11.8. The molecular weight excluding hydrogens is 252 g/mol. The number of nitriles is 1. The third-order valence-electron chi connectivity index (χ3n) is 3.25. The number of aromatic nitrogens is 2. The average molecular weight is 268 g/mol. The molecule has 0 aliphatic heterocycles. The van der Waals surface area contributed by atoms with E-state index in [2.05, 4.69) is 10.4 Å². The van der Waals surface area contributed by atoms with E-state index >= 15 is 0 Å². The standard InChI is InChI=1S/C15H16N4O/c1-10-4-5-12(6-11(10)2)7-14(20)18-15-13(8-16)9-17-19(15)3/h4-6,9H,7H2,1-3H3,(H,18,20). The van der Waals surface area contributed by atoms with E-state index in [4.69, 9.17) is 5.26 Å². The summed E-state index contributed by atoms with van der Waals surface area (Å²) >= 11 is 0. The molecule has 1 aromatic carbocycles. The molecule has 0 aliphatic rings. The fraction of sp³-hybridized carbons (Fsp3) is 0.267. The summed E-state index contributed by atoms with van der Waals surface area (Å²) in [6, 6.07) is 7.95. The lowest BCUT2D eigenvalue weighted by molar-refractivity contribution is -0.115. The summed E-state index contributed by atoms with van der Waals surface area (Å²) in [7, 11) is 1.69. The molecule has 1 amide bonds. The molecule has 0 aliphatic carbocycles. The Balaban J connectivity index is 2.11. The number of hydrogen-bond donors (Lipinski definition) is 1. The van der Waals surface area contributed by atoms with Gasteiger partial charge in [-0.3, -0.25) is 9.48 Å². The maximum absolute atomic E-state index is 12.0. The normalized spacial score (nSPS) is 10.1. The van der Waals surface area contributed by atoms with Crippen molar-refractivity contribution in [1.82, 2.24) is 9.78 Å². The monoisotopic (exact) mass is 268 g/mol. The van der Waals surface area contributed by atoms with Gasteiger partial charge in [0.1, 0.15) is 17.5 Å². The number of nitrogens with one attached hydrogen (secondary N) is 1. The Bertz CT molecular complexity index is 694. The Morgan fingerprint density at radius 3 is 2.80 bits per heavy atom. The Morgan fingerprint density at radius 2 is 2.15 bits per heavy atom. The van der Waals surface area contributed by atoms with E-state index in [-0.39, 0.29) is 12.3 Å². The van der Waals surface area contributed by atoms with Crippen LogP contribution in [0.5, 0.6) is 0 Å². The SMILES string of the molecule is Cc1ccc(CC(=O)Nc2c(C#N)cnn2C)cc1C. The zero-order chi connectivity index (χ0) is 14.7. The number of amides is 1. The van der Waals surface area contributed by atoms with Crippen LogP contribution in [0.1, 0.15) is 22.3 Å². The van der Waals surface area contributed by atoms with Gasteiger partial charge in [-0.15, -0.1) is 0 Å². The summed E-state index contributed by atoms with van der Waals surface area (Å²) in [5, 5.41) is 15.6. The van der Waals surface area contributed by atoms with Crippen molar-refractivity contribution in [2.24, 2.45) is 7.05 Å². The van der Waals surface area contributed by atoms with Crippen LogP contribution in [0, 0.1) is 25.2 Å². The first kappa shape index (κ1) is 13.8. The van der Waals surface area contributed by atoms with Crippen molar-refractivity contribution in [1.29, 1.82) is 5.26 Å². The van der Waals surface area contributed by atoms with Gasteiger partial charge in [-0.1, -0.05) is 18.2 Å². The second-order valence-electron chi connectivity index (χ2n) is 4.79. The molecule has 0 atom stereocenters. The Morgan fingerprint density at radius 1 is 1.40 bits per heavy atom. The maximum Gasteiger partial charge on any atom is 0.229 e. The molecule has 1 heterocycles. The molecule has 0 fully saturated rings. The Labute approximate surface area is 117 Å². The van der Waals surface area contributed by atoms with Crippen molar-refractivity contribution in [3.63, 3.8) is 0 Å². The molecule has 0 bridgehead atoms. The van der Waals surface area contributed by atoms with Crippen molar-refractivity contribution >= 4 is 11.7 Å². The first-order valence-corrected chi connectivity index (χ1v) is 6.29. The van der Waals surface area contributed by atoms with Gasteiger partial charge in [-0.2, -0.15) is 10.4 Å². The highest BCUT2D eigenvalue weighted by molar-refractivity contribution is 5.92. The van der Waals surface area contributed by atoms with Crippen LogP contribution in [0.15, 0.2) is 24.4 Å². The third-order valence-corrected chi connectivity index (χ3v) is 3.25. The number of carbonyl (C=O) groups is 1. The quantitative estimate of drug-likeness (QED) is 0.926. The largest absolute Gasteiger partial charge is 0.310 e. The molecule has 1 N–H and O–H groups in total. The smallest absolute Gasteiger partial charge is 0.229 e. The number of anilines is 1. The molecule has 0 saturated heterocycles. The van der Waals surface area contributed by atoms with Gasteiger partial charge in [0.05, 0.1) is 12.6 Å². The lowest BCUT2D eigenvalue weighted by Gasteiger charge is -2.07. The molecule has 1 aromatic heterocycles. The van der Waals surface area contributed by atoms with Crippen molar-refractivity contribution in [3.8, 4) is 6.07 Å². The number of benzene rings is 1. The molecule has 0 unspecified atom stereocenters. The fourth-order valence-electron chi connectivity index (χ4n) is 1.94. The van der Waals surface area contributed by atoms with Crippen LogP contribution in [0.2, 0.25) is 0 Å². The summed E-state index contributed by atoms with van der Waals surface area (Å²) in [6.07, 6.45) is 1.71. The zero-order valence-corrected chi connectivity index (χ0v) is 11.8. The first-order valence-electron chi connectivity index (χ1n) is 6.29. The van der Waals surface area contributed by atoms with Crippen LogP contribution in [0.3, 0.4) is 0 Å². The van der Waals surface area contributed by atoms with E-state index in [1.807, 2.05) is 38.1 Å². The van der Waals surface area contributed by atoms with Crippen LogP contribution >= 0.6 is 0 Å². The van der Waals surface area contributed by atoms with Crippen LogP contribution in [-0.4, -0.2) is 15.7 Å². The molecule has 2 aromatic rings. The van der Waals surface area contributed by atoms with Crippen molar-refractivity contribution in [2.45, 2.75) is 20.3 Å². The van der Waals surface area contributed by atoms with Crippen LogP contribution in [0.4, 0.5) is 5.82 Å². The van der Waals surface area contributed by atoms with E-state index in [1.165, 1.54) is 16.4 Å². The van der Waals surface area contributed by atoms with Gasteiger partial charge in [-0.05, 0) is 30.5 Å². The summed E-state index contributed by atoms with van der Waals surface area (Å²) in [5.41, 5.74) is 3.67. The molecule has 0 radical (unpaired) electrons. The van der Waals surface area contributed by atoms with Crippen LogP contribution < -0.4 is 5.32 Å². The Hall–Kier alpha value is -2.61. The van der Waals surface area contributed by atoms with Gasteiger partial charge in [-0.25, -0.2) is 0 Å². The number of rotatable bonds is 3. The van der Waals surface area contributed by atoms with Gasteiger partial charge in [0, 0.05) is 7.05 Å². The molecule has 5 nitrogen and oxygen atoms in total. The van der Waals surface area contributed by atoms with Gasteiger partial charge >= 0.3 is 0 Å². The molecule has 20 heavy (non-hydrogen) atoms. The second kappa shape index (κ2) is 5.57. The number of hydrogen-bond acceptors (Lipinski definition) is 3. The van der Waals surface area contributed by atoms with E-state index in [0.29, 0.717) is 11.4 Å². The molecular formula is C15H16N4O. The fourth-order valence-corrected chi connectivity index (χ4v) is 1.94. The summed E-state index contributed by atoms with van der Waals surface area (Å²) in [5.74, 6) is 0.273. The average Bonchev–Trinajstić information content (AvgIpc) is 2.75. The Kier molecular flexibility index (Phi) is 3.85. The molecule has 5 heteroatoms. The van der Waals surface area contributed by atoms with Gasteiger partial charge in [0.15, 0.2) is 0 Å². The van der Waals surface area contributed by atoms with Crippen molar-refractivity contribution < 1.29 is 4.79 Å². The van der Waals surface area contributed by atoms with E-state index < -0.39 is 0 Å². The lowest BCUT2D eigenvalue weighted by Crippen LogP contribution is -2.17. The van der Waals surface area contributed by atoms with Crippen LogP contribution in [-0.2, 0) is 18.3 Å². The van der Waals surface area contributed by atoms with Crippen molar-refractivity contribution in [2.75, 3.05) is 5.32 Å². The maximum atomic E-state index is 12.0. The number of aryl methyl sites for hydroxylation is 3. The minimum atomic E-state index is -0.159. The lowest BCUT2D eigenvalue weighted by atomic mass is 10.0. The predicted molar refractivity (Wildman–Crippen MR) is 76.2 cm³/mol. The molecule has 102 valence electrons. The minimum absolute atomic E-state index is 0.159. The van der Waals surface area contributed by atoms with Gasteiger partial charge in [0.2, 0.25) is 5.91 Å². The summed E-state index contributed by atoms with van der Waals surface area (Å²) in [4.78, 5) is 12.0. The van der Waals surface area contributed by atoms with Crippen molar-refractivity contribution in [3.05, 3.63) is 46.6 Å². The summed E-state index contributed by atoms with van der Waals surface area (Å²) < 4.78 is 1.48. The highest BCUT2D eigenvalue weighted by atomic mass is 16.1. The second-order valence-corrected chi connectivity index (χ2v) is 4.79.